The molecule has 5 rings (SSSR count). The Kier molecular flexibility index (Phi) is 6.45. The molecule has 0 spiro atoms. The van der Waals surface area contributed by atoms with E-state index in [1.165, 1.54) is 23.3 Å². The molecule has 1 atom stereocenters. The molecule has 0 bridgehead atoms. The van der Waals surface area contributed by atoms with Crippen LogP contribution in [0.15, 0.2) is 79.0 Å². The number of hydrogen-bond donors (Lipinski definition) is 0. The third-order valence-corrected chi connectivity index (χ3v) is 6.68. The number of carbonyl (C=O) groups excluding carboxylic acids is 1. The molecule has 0 radical (unpaired) electrons. The highest BCUT2D eigenvalue weighted by atomic mass is 19.1. The number of benzene rings is 3. The number of ether oxygens (including phenoxy) is 1. The number of halogens is 1. The third-order valence-electron chi connectivity index (χ3n) is 6.68. The summed E-state index contributed by atoms with van der Waals surface area (Å²) in [6.07, 6.45) is 2.51. The summed E-state index contributed by atoms with van der Waals surface area (Å²) < 4.78 is 21.4. The molecule has 1 amide bonds. The molecule has 34 heavy (non-hydrogen) atoms. The average Bonchev–Trinajstić information content (AvgIpc) is 3.23. The van der Waals surface area contributed by atoms with Crippen LogP contribution in [0.4, 0.5) is 4.39 Å². The van der Waals surface area contributed by atoms with E-state index < -0.39 is 0 Å². The van der Waals surface area contributed by atoms with Crippen LogP contribution in [-0.2, 0) is 16.1 Å². The second-order valence-electron chi connectivity index (χ2n) is 9.02. The summed E-state index contributed by atoms with van der Waals surface area (Å²) in [5, 5.41) is 1.12. The van der Waals surface area contributed by atoms with Crippen LogP contribution in [-0.4, -0.2) is 41.7 Å². The van der Waals surface area contributed by atoms with E-state index in [1.807, 2.05) is 17.0 Å². The van der Waals surface area contributed by atoms with E-state index in [1.54, 1.807) is 12.1 Å². The fourth-order valence-corrected chi connectivity index (χ4v) is 4.79. The first-order valence-corrected chi connectivity index (χ1v) is 11.8. The van der Waals surface area contributed by atoms with Crippen molar-refractivity contribution in [2.75, 3.05) is 26.3 Å². The maximum atomic E-state index is 13.7. The van der Waals surface area contributed by atoms with Gasteiger partial charge in [0.25, 0.3) is 0 Å². The number of fused-ring (bicyclic) bond motifs is 1. The Morgan fingerprint density at radius 3 is 2.41 bits per heavy atom. The van der Waals surface area contributed by atoms with Gasteiger partial charge in [0.1, 0.15) is 5.82 Å². The minimum Gasteiger partial charge on any atom is -0.378 e. The summed E-state index contributed by atoms with van der Waals surface area (Å²) in [7, 11) is 0. The Labute approximate surface area is 199 Å². The number of carbonyl (C=O) groups is 1. The van der Waals surface area contributed by atoms with Crippen LogP contribution >= 0.6 is 0 Å². The number of aromatic nitrogens is 1. The lowest BCUT2D eigenvalue weighted by molar-refractivity contribution is -0.135. The van der Waals surface area contributed by atoms with Crippen molar-refractivity contribution in [3.05, 3.63) is 107 Å². The van der Waals surface area contributed by atoms with Gasteiger partial charge in [-0.1, -0.05) is 60.2 Å². The van der Waals surface area contributed by atoms with E-state index in [4.69, 9.17) is 4.74 Å². The molecule has 0 saturated carbocycles. The SMILES string of the molecule is Cc1ccc(Cn2cc([C@H](CC(=O)N3CCOCC3)c3ccc(F)cc3)c3ccccc32)cc1. The molecule has 4 nitrogen and oxygen atoms in total. The first-order chi connectivity index (χ1) is 16.6. The molecule has 0 N–H and O–H groups in total. The Morgan fingerprint density at radius 1 is 0.971 bits per heavy atom. The van der Waals surface area contributed by atoms with Crippen molar-refractivity contribution in [2.24, 2.45) is 0 Å². The number of rotatable bonds is 6. The van der Waals surface area contributed by atoms with Gasteiger partial charge >= 0.3 is 0 Å². The average molecular weight is 457 g/mol. The lowest BCUT2D eigenvalue weighted by Crippen LogP contribution is -2.41. The molecule has 5 heteroatoms. The Morgan fingerprint density at radius 2 is 1.68 bits per heavy atom. The number of morpholine rings is 1. The minimum atomic E-state index is -0.274. The van der Waals surface area contributed by atoms with Gasteiger partial charge in [-0.15, -0.1) is 0 Å². The molecule has 0 aliphatic carbocycles. The van der Waals surface area contributed by atoms with Crippen LogP contribution in [0.5, 0.6) is 0 Å². The van der Waals surface area contributed by atoms with Crippen LogP contribution in [0.3, 0.4) is 0 Å². The van der Waals surface area contributed by atoms with E-state index in [9.17, 15) is 9.18 Å². The second-order valence-corrected chi connectivity index (χ2v) is 9.02. The Balaban J connectivity index is 1.55. The van der Waals surface area contributed by atoms with Gasteiger partial charge in [-0.25, -0.2) is 4.39 Å². The van der Waals surface area contributed by atoms with Crippen LogP contribution in [0, 0.1) is 12.7 Å². The normalized spacial score (nSPS) is 14.9. The minimum absolute atomic E-state index is 0.105. The van der Waals surface area contributed by atoms with Crippen molar-refractivity contribution in [1.82, 2.24) is 9.47 Å². The maximum Gasteiger partial charge on any atom is 0.223 e. The van der Waals surface area contributed by atoms with Crippen molar-refractivity contribution in [1.29, 1.82) is 0 Å². The monoisotopic (exact) mass is 456 g/mol. The number of para-hydroxylation sites is 1. The summed E-state index contributed by atoms with van der Waals surface area (Å²) in [6, 6.07) is 23.5. The van der Waals surface area contributed by atoms with Gasteiger partial charge in [0, 0.05) is 49.1 Å². The Bertz CT molecular complexity index is 1270. The van der Waals surface area contributed by atoms with Gasteiger partial charge < -0.3 is 14.2 Å². The predicted octanol–water partition coefficient (Wildman–Crippen LogP) is 5.52. The molecule has 1 aromatic heterocycles. The molecule has 4 aromatic rings. The van der Waals surface area contributed by atoms with Crippen LogP contribution in [0.25, 0.3) is 10.9 Å². The molecule has 2 heterocycles. The molecular formula is C29H29FN2O2. The predicted molar refractivity (Wildman–Crippen MR) is 132 cm³/mol. The van der Waals surface area contributed by atoms with E-state index in [-0.39, 0.29) is 17.6 Å². The van der Waals surface area contributed by atoms with E-state index in [0.717, 1.165) is 28.6 Å². The first kappa shape index (κ1) is 22.4. The zero-order chi connectivity index (χ0) is 23.5. The summed E-state index contributed by atoms with van der Waals surface area (Å²) in [6.45, 7) is 5.21. The molecule has 174 valence electrons. The van der Waals surface area contributed by atoms with Gasteiger partial charge in [0.2, 0.25) is 5.91 Å². The lowest BCUT2D eigenvalue weighted by atomic mass is 9.87. The molecule has 0 unspecified atom stereocenters. The zero-order valence-corrected chi connectivity index (χ0v) is 19.4. The zero-order valence-electron chi connectivity index (χ0n) is 19.4. The quantitative estimate of drug-likeness (QED) is 0.383. The Hall–Kier alpha value is -3.44. The number of aryl methyl sites for hydroxylation is 1. The van der Waals surface area contributed by atoms with Gasteiger partial charge in [0.15, 0.2) is 0 Å². The second kappa shape index (κ2) is 9.82. The van der Waals surface area contributed by atoms with Gasteiger partial charge in [0.05, 0.1) is 13.2 Å². The highest BCUT2D eigenvalue weighted by Crippen LogP contribution is 2.35. The lowest BCUT2D eigenvalue weighted by Gasteiger charge is -2.28. The van der Waals surface area contributed by atoms with Crippen molar-refractivity contribution in [3.8, 4) is 0 Å². The summed E-state index contributed by atoms with van der Waals surface area (Å²) in [5.74, 6) is -0.336. The highest BCUT2D eigenvalue weighted by molar-refractivity contribution is 5.87. The van der Waals surface area contributed by atoms with Gasteiger partial charge in [-0.05, 0) is 41.8 Å². The largest absolute Gasteiger partial charge is 0.378 e. The maximum absolute atomic E-state index is 13.7. The molecule has 1 aliphatic heterocycles. The third kappa shape index (κ3) is 4.75. The standard InChI is InChI=1S/C29H29FN2O2/c1-21-6-8-22(9-7-21)19-32-20-27(25-4-2-3-5-28(25)32)26(23-10-12-24(30)13-11-23)18-29(33)31-14-16-34-17-15-31/h2-13,20,26H,14-19H2,1H3/t26-/m1/s1. The first-order valence-electron chi connectivity index (χ1n) is 11.8. The van der Waals surface area contributed by atoms with Crippen LogP contribution in [0.2, 0.25) is 0 Å². The van der Waals surface area contributed by atoms with Crippen molar-refractivity contribution >= 4 is 16.8 Å². The van der Waals surface area contributed by atoms with E-state index >= 15 is 0 Å². The fraction of sp³-hybridized carbons (Fsp3) is 0.276. The molecule has 1 fully saturated rings. The number of hydrogen-bond acceptors (Lipinski definition) is 2. The summed E-state index contributed by atoms with van der Waals surface area (Å²) >= 11 is 0. The topological polar surface area (TPSA) is 34.5 Å². The van der Waals surface area contributed by atoms with Gasteiger partial charge in [-0.2, -0.15) is 0 Å². The summed E-state index contributed by atoms with van der Waals surface area (Å²) in [4.78, 5) is 15.2. The smallest absolute Gasteiger partial charge is 0.223 e. The number of nitrogens with zero attached hydrogens (tertiary/aromatic N) is 2. The van der Waals surface area contributed by atoms with Crippen molar-refractivity contribution in [3.63, 3.8) is 0 Å². The van der Waals surface area contributed by atoms with E-state index in [0.29, 0.717) is 32.7 Å². The van der Waals surface area contributed by atoms with E-state index in [2.05, 4.69) is 54.1 Å². The van der Waals surface area contributed by atoms with Crippen LogP contribution < -0.4 is 0 Å². The summed E-state index contributed by atoms with van der Waals surface area (Å²) in [5.41, 5.74) is 5.63. The van der Waals surface area contributed by atoms with Gasteiger partial charge in [-0.3, -0.25) is 4.79 Å². The highest BCUT2D eigenvalue weighted by Gasteiger charge is 2.26. The van der Waals surface area contributed by atoms with Crippen LogP contribution in [0.1, 0.15) is 34.6 Å². The molecular weight excluding hydrogens is 427 g/mol. The van der Waals surface area contributed by atoms with Crippen molar-refractivity contribution < 1.29 is 13.9 Å². The fourth-order valence-electron chi connectivity index (χ4n) is 4.79. The number of amides is 1. The van der Waals surface area contributed by atoms with Crippen molar-refractivity contribution in [2.45, 2.75) is 25.8 Å². The molecule has 1 saturated heterocycles. The molecule has 1 aliphatic rings. The molecule has 3 aromatic carbocycles.